The normalized spacial score (nSPS) is 17.1. The molecule has 0 saturated carbocycles. The van der Waals surface area contributed by atoms with Gasteiger partial charge in [-0.25, -0.2) is 4.98 Å². The van der Waals surface area contributed by atoms with Gasteiger partial charge in [0.15, 0.2) is 11.5 Å². The molecule has 1 fully saturated rings. The number of aryl methyl sites for hydroxylation is 2. The van der Waals surface area contributed by atoms with Gasteiger partial charge in [-0.05, 0) is 38.0 Å². The Morgan fingerprint density at radius 3 is 2.51 bits per heavy atom. The maximum atomic E-state index is 13.2. The van der Waals surface area contributed by atoms with Gasteiger partial charge in [-0.1, -0.05) is 35.9 Å². The molecular weight excluding hydrogens is 446 g/mol. The number of imidazole rings is 1. The molecule has 8 nitrogen and oxygen atoms in total. The third-order valence-electron chi connectivity index (χ3n) is 6.04. The Morgan fingerprint density at radius 1 is 1.09 bits per heavy atom. The van der Waals surface area contributed by atoms with Crippen molar-refractivity contribution in [3.8, 4) is 11.5 Å². The van der Waals surface area contributed by atoms with Gasteiger partial charge in [-0.2, -0.15) is 0 Å². The van der Waals surface area contributed by atoms with Crippen molar-refractivity contribution in [3.63, 3.8) is 0 Å². The van der Waals surface area contributed by atoms with Crippen molar-refractivity contribution in [2.75, 3.05) is 20.3 Å². The molecule has 3 aromatic rings. The highest BCUT2D eigenvalue weighted by Crippen LogP contribution is 2.42. The monoisotopic (exact) mass is 475 g/mol. The van der Waals surface area contributed by atoms with Gasteiger partial charge in [-0.15, -0.1) is 0 Å². The number of hydrogen-bond acceptors (Lipinski definition) is 6. The third kappa shape index (κ3) is 4.91. The molecule has 1 atom stereocenters. The van der Waals surface area contributed by atoms with Crippen LogP contribution in [-0.2, 0) is 16.1 Å². The number of methoxy groups -OCH3 is 1. The second-order valence-corrected chi connectivity index (χ2v) is 8.36. The predicted molar refractivity (Wildman–Crippen MR) is 131 cm³/mol. The SMILES string of the molecule is CCOc1ccc(C2C(=C(O)c3ccc(C)cc3)C(=O)C(=O)N2CCCn2ccnc2)cc1OC. The summed E-state index contributed by atoms with van der Waals surface area (Å²) >= 11 is 0. The van der Waals surface area contributed by atoms with Crippen LogP contribution in [0.1, 0.15) is 36.1 Å². The van der Waals surface area contributed by atoms with Crippen LogP contribution < -0.4 is 9.47 Å². The fourth-order valence-corrected chi connectivity index (χ4v) is 4.30. The lowest BCUT2D eigenvalue weighted by atomic mass is 9.94. The van der Waals surface area contributed by atoms with E-state index in [2.05, 4.69) is 4.98 Å². The van der Waals surface area contributed by atoms with Gasteiger partial charge in [0, 0.05) is 31.0 Å². The van der Waals surface area contributed by atoms with Gasteiger partial charge in [0.05, 0.1) is 31.7 Å². The maximum absolute atomic E-state index is 13.2. The molecule has 2 heterocycles. The Labute approximate surface area is 204 Å². The van der Waals surface area contributed by atoms with Crippen LogP contribution in [0.25, 0.3) is 5.76 Å². The van der Waals surface area contributed by atoms with Crippen molar-refractivity contribution < 1.29 is 24.2 Å². The van der Waals surface area contributed by atoms with Crippen LogP contribution >= 0.6 is 0 Å². The molecule has 0 spiro atoms. The summed E-state index contributed by atoms with van der Waals surface area (Å²) in [5, 5.41) is 11.2. The molecule has 4 rings (SSSR count). The number of nitrogens with zero attached hydrogens (tertiary/aromatic N) is 3. The summed E-state index contributed by atoms with van der Waals surface area (Å²) in [6.45, 7) is 5.25. The number of Topliss-reactive ketones (excluding diaryl/α,β-unsaturated/α-hetero) is 1. The third-order valence-corrected chi connectivity index (χ3v) is 6.04. The zero-order valence-electron chi connectivity index (χ0n) is 20.1. The van der Waals surface area contributed by atoms with Gasteiger partial charge in [0.2, 0.25) is 0 Å². The first-order valence-corrected chi connectivity index (χ1v) is 11.6. The second kappa shape index (κ2) is 10.5. The van der Waals surface area contributed by atoms with Crippen molar-refractivity contribution in [2.24, 2.45) is 0 Å². The molecule has 0 aliphatic carbocycles. The Bertz CT molecular complexity index is 1230. The van der Waals surface area contributed by atoms with E-state index in [1.54, 1.807) is 42.9 Å². The van der Waals surface area contributed by atoms with Crippen molar-refractivity contribution in [3.05, 3.63) is 83.4 Å². The van der Waals surface area contributed by atoms with E-state index in [4.69, 9.17) is 9.47 Å². The van der Waals surface area contributed by atoms with Crippen molar-refractivity contribution in [1.29, 1.82) is 0 Å². The largest absolute Gasteiger partial charge is 0.507 e. The van der Waals surface area contributed by atoms with Gasteiger partial charge < -0.3 is 24.0 Å². The Morgan fingerprint density at radius 2 is 1.86 bits per heavy atom. The van der Waals surface area contributed by atoms with E-state index in [0.717, 1.165) is 5.56 Å². The van der Waals surface area contributed by atoms with Gasteiger partial charge in [0.25, 0.3) is 11.7 Å². The lowest BCUT2D eigenvalue weighted by Gasteiger charge is -2.26. The summed E-state index contributed by atoms with van der Waals surface area (Å²) < 4.78 is 13.1. The number of rotatable bonds is 9. The van der Waals surface area contributed by atoms with Crippen LogP contribution in [0.15, 0.2) is 66.8 Å². The molecule has 1 aliphatic heterocycles. The van der Waals surface area contributed by atoms with Crippen molar-refractivity contribution >= 4 is 17.4 Å². The fourth-order valence-electron chi connectivity index (χ4n) is 4.30. The minimum atomic E-state index is -0.760. The zero-order valence-corrected chi connectivity index (χ0v) is 20.1. The molecule has 1 unspecified atom stereocenters. The number of amides is 1. The molecule has 1 saturated heterocycles. The Hall–Kier alpha value is -4.07. The number of aliphatic hydroxyl groups excluding tert-OH is 1. The van der Waals surface area contributed by atoms with E-state index in [-0.39, 0.29) is 11.3 Å². The molecule has 1 aromatic heterocycles. The zero-order chi connectivity index (χ0) is 24.9. The number of ketones is 1. The maximum Gasteiger partial charge on any atom is 0.295 e. The topological polar surface area (TPSA) is 93.9 Å². The number of aromatic nitrogens is 2. The molecule has 0 bridgehead atoms. The average molecular weight is 476 g/mol. The number of ether oxygens (including phenoxy) is 2. The summed E-state index contributed by atoms with van der Waals surface area (Å²) in [4.78, 5) is 31.9. The van der Waals surface area contributed by atoms with E-state index in [9.17, 15) is 14.7 Å². The highest BCUT2D eigenvalue weighted by atomic mass is 16.5. The van der Waals surface area contributed by atoms with Gasteiger partial charge >= 0.3 is 0 Å². The molecule has 1 aliphatic rings. The van der Waals surface area contributed by atoms with Crippen LogP contribution in [0.4, 0.5) is 0 Å². The molecule has 2 aromatic carbocycles. The van der Waals surface area contributed by atoms with Crippen LogP contribution in [0.5, 0.6) is 11.5 Å². The summed E-state index contributed by atoms with van der Waals surface area (Å²) in [6.07, 6.45) is 5.86. The summed E-state index contributed by atoms with van der Waals surface area (Å²) in [5.41, 5.74) is 2.22. The van der Waals surface area contributed by atoms with Crippen LogP contribution in [0.3, 0.4) is 0 Å². The second-order valence-electron chi connectivity index (χ2n) is 8.36. The van der Waals surface area contributed by atoms with Crippen molar-refractivity contribution in [2.45, 2.75) is 32.9 Å². The smallest absolute Gasteiger partial charge is 0.295 e. The van der Waals surface area contributed by atoms with E-state index < -0.39 is 17.7 Å². The lowest BCUT2D eigenvalue weighted by Crippen LogP contribution is -2.31. The highest BCUT2D eigenvalue weighted by molar-refractivity contribution is 6.46. The Kier molecular flexibility index (Phi) is 7.19. The number of benzene rings is 2. The molecule has 182 valence electrons. The van der Waals surface area contributed by atoms with E-state index in [1.807, 2.05) is 36.7 Å². The van der Waals surface area contributed by atoms with E-state index in [0.29, 0.717) is 48.7 Å². The minimum Gasteiger partial charge on any atom is -0.507 e. The quantitative estimate of drug-likeness (QED) is 0.284. The standard InChI is InChI=1S/C27H29N3O5/c1-4-35-21-11-10-20(16-22(21)34-3)24-23(25(31)19-8-6-18(2)7-9-19)26(32)27(33)30(24)14-5-13-29-15-12-28-17-29/h6-12,15-17,24,31H,4-5,13-14H2,1-3H3. The van der Waals surface area contributed by atoms with Crippen molar-refractivity contribution in [1.82, 2.24) is 14.5 Å². The summed E-state index contributed by atoms with van der Waals surface area (Å²) in [5.74, 6) is -0.484. The summed E-state index contributed by atoms with van der Waals surface area (Å²) in [7, 11) is 1.54. The summed E-state index contributed by atoms with van der Waals surface area (Å²) in [6, 6.07) is 11.7. The van der Waals surface area contributed by atoms with Crippen LogP contribution in [0.2, 0.25) is 0 Å². The lowest BCUT2D eigenvalue weighted by molar-refractivity contribution is -0.139. The van der Waals surface area contributed by atoms with E-state index >= 15 is 0 Å². The molecule has 8 heteroatoms. The first kappa shape index (κ1) is 24.1. The molecule has 0 radical (unpaired) electrons. The van der Waals surface area contributed by atoms with Gasteiger partial charge in [0.1, 0.15) is 5.76 Å². The molecule has 35 heavy (non-hydrogen) atoms. The van der Waals surface area contributed by atoms with Crippen LogP contribution in [0, 0.1) is 6.92 Å². The average Bonchev–Trinajstić information content (AvgIpc) is 3.47. The minimum absolute atomic E-state index is 0.0627. The molecule has 1 N–H and O–H groups in total. The predicted octanol–water partition coefficient (Wildman–Crippen LogP) is 4.11. The number of hydrogen-bond donors (Lipinski definition) is 1. The number of aliphatic hydroxyl groups is 1. The number of likely N-dealkylation sites (tertiary alicyclic amines) is 1. The van der Waals surface area contributed by atoms with Gasteiger partial charge in [-0.3, -0.25) is 9.59 Å². The van der Waals surface area contributed by atoms with E-state index in [1.165, 1.54) is 12.0 Å². The molecule has 1 amide bonds. The first-order chi connectivity index (χ1) is 16.9. The molecular formula is C27H29N3O5. The first-order valence-electron chi connectivity index (χ1n) is 11.6. The fraction of sp³-hybridized carbons (Fsp3) is 0.296. The number of carbonyl (C=O) groups excluding carboxylic acids is 2. The number of carbonyl (C=O) groups is 2. The Balaban J connectivity index is 1.77. The highest BCUT2D eigenvalue weighted by Gasteiger charge is 2.46. The van der Waals surface area contributed by atoms with Crippen LogP contribution in [-0.4, -0.2) is 51.5 Å².